The number of anilines is 2. The maximum Gasteiger partial charge on any atom is 0.325 e. The van der Waals surface area contributed by atoms with E-state index in [0.717, 1.165) is 29.0 Å². The molecule has 0 saturated carbocycles. The van der Waals surface area contributed by atoms with Gasteiger partial charge in [-0.15, -0.1) is 0 Å². The minimum absolute atomic E-state index is 0.112. The van der Waals surface area contributed by atoms with Crippen LogP contribution in [0.25, 0.3) is 0 Å². The van der Waals surface area contributed by atoms with Crippen LogP contribution in [0.15, 0.2) is 48.5 Å². The fourth-order valence-corrected chi connectivity index (χ4v) is 4.29. The van der Waals surface area contributed by atoms with E-state index in [1.807, 2.05) is 6.92 Å². The fourth-order valence-electron chi connectivity index (χ4n) is 3.55. The molecule has 37 heavy (non-hydrogen) atoms. The first-order valence-corrected chi connectivity index (χ1v) is 12.1. The van der Waals surface area contributed by atoms with Crippen molar-refractivity contribution in [1.82, 2.24) is 9.69 Å². The second-order valence-corrected chi connectivity index (χ2v) is 8.58. The molecule has 0 aliphatic heterocycles. The van der Waals surface area contributed by atoms with Crippen molar-refractivity contribution in [1.29, 1.82) is 0 Å². The van der Waals surface area contributed by atoms with Crippen LogP contribution in [0.3, 0.4) is 0 Å². The number of benzene rings is 2. The number of aryl methyl sites for hydroxylation is 1. The lowest BCUT2D eigenvalue weighted by atomic mass is 10.0. The van der Waals surface area contributed by atoms with Gasteiger partial charge < -0.3 is 21.5 Å². The van der Waals surface area contributed by atoms with Gasteiger partial charge in [0.25, 0.3) is 11.8 Å². The highest BCUT2D eigenvalue weighted by atomic mass is 32.1. The van der Waals surface area contributed by atoms with Gasteiger partial charge in [0.1, 0.15) is 23.3 Å². The molecule has 0 bridgehead atoms. The summed E-state index contributed by atoms with van der Waals surface area (Å²) in [6.45, 7) is 3.26. The van der Waals surface area contributed by atoms with Gasteiger partial charge in [-0.2, -0.15) is 4.37 Å². The summed E-state index contributed by atoms with van der Waals surface area (Å²) < 4.78 is 22.5. The molecule has 3 aromatic rings. The minimum atomic E-state index is -1.35. The van der Waals surface area contributed by atoms with Crippen molar-refractivity contribution >= 4 is 46.6 Å². The van der Waals surface area contributed by atoms with Crippen LogP contribution in [-0.4, -0.2) is 41.2 Å². The van der Waals surface area contributed by atoms with Gasteiger partial charge in [-0.3, -0.25) is 24.1 Å². The molecule has 0 radical (unpaired) electrons. The lowest BCUT2D eigenvalue weighted by Gasteiger charge is -2.31. The molecule has 1 heterocycles. The molecule has 1 atom stereocenters. The first-order chi connectivity index (χ1) is 17.7. The maximum atomic E-state index is 13.9. The molecule has 0 saturated heterocycles. The number of halogens is 1. The Hall–Kier alpha value is -4.32. The number of hydrogen-bond acceptors (Lipinski definition) is 8. The number of nitrogens with two attached hydrogens (primary N) is 2. The Kier molecular flexibility index (Phi) is 8.90. The number of nitrogen functional groups attached to an aromatic ring is 1. The maximum absolute atomic E-state index is 13.9. The van der Waals surface area contributed by atoms with Crippen LogP contribution in [0.2, 0.25) is 0 Å². The molecule has 0 aliphatic carbocycles. The Morgan fingerprint density at radius 3 is 2.27 bits per heavy atom. The van der Waals surface area contributed by atoms with E-state index in [1.54, 1.807) is 31.2 Å². The summed E-state index contributed by atoms with van der Waals surface area (Å²) >= 11 is 0.662. The number of esters is 1. The molecule has 3 rings (SSSR count). The van der Waals surface area contributed by atoms with Crippen LogP contribution in [0, 0.1) is 5.82 Å². The zero-order valence-corrected chi connectivity index (χ0v) is 21.0. The Morgan fingerprint density at radius 2 is 1.73 bits per heavy atom. The minimum Gasteiger partial charge on any atom is -0.465 e. The van der Waals surface area contributed by atoms with Crippen molar-refractivity contribution in [2.45, 2.75) is 26.3 Å². The Morgan fingerprint density at radius 1 is 1.08 bits per heavy atom. The smallest absolute Gasteiger partial charge is 0.325 e. The number of hydrogen-bond donors (Lipinski definition) is 3. The van der Waals surface area contributed by atoms with Crippen molar-refractivity contribution in [2.75, 3.05) is 23.8 Å². The molecule has 0 aliphatic rings. The Balaban J connectivity index is 2.15. The summed E-state index contributed by atoms with van der Waals surface area (Å²) in [5.74, 6) is -3.60. The average Bonchev–Trinajstić information content (AvgIpc) is 3.28. The summed E-state index contributed by atoms with van der Waals surface area (Å²) in [6.07, 6.45) is 0.736. The first-order valence-electron chi connectivity index (χ1n) is 11.3. The van der Waals surface area contributed by atoms with Crippen molar-refractivity contribution in [2.24, 2.45) is 5.73 Å². The monoisotopic (exact) mass is 527 g/mol. The molecule has 3 amide bonds. The topological polar surface area (TPSA) is 158 Å². The van der Waals surface area contributed by atoms with E-state index in [9.17, 15) is 23.6 Å². The first kappa shape index (κ1) is 27.3. The van der Waals surface area contributed by atoms with Crippen LogP contribution >= 0.6 is 11.5 Å². The molecule has 12 heteroatoms. The van der Waals surface area contributed by atoms with Gasteiger partial charge in [0.15, 0.2) is 5.69 Å². The molecule has 0 spiro atoms. The summed E-state index contributed by atoms with van der Waals surface area (Å²) in [6, 6.07) is 10.5. The summed E-state index contributed by atoms with van der Waals surface area (Å²) in [5.41, 5.74) is 12.4. The number of nitrogens with one attached hydrogen (secondary N) is 1. The van der Waals surface area contributed by atoms with Crippen LogP contribution < -0.4 is 21.7 Å². The Bertz CT molecular complexity index is 1290. The van der Waals surface area contributed by atoms with Crippen molar-refractivity contribution in [3.63, 3.8) is 0 Å². The van der Waals surface area contributed by atoms with Crippen molar-refractivity contribution in [3.8, 4) is 0 Å². The molecule has 1 aromatic heterocycles. The lowest BCUT2D eigenvalue weighted by Crippen LogP contribution is -2.45. The zero-order chi connectivity index (χ0) is 27.1. The number of nitrogens with zero attached hydrogens (tertiary/aromatic N) is 2. The van der Waals surface area contributed by atoms with Crippen LogP contribution in [0.1, 0.15) is 51.2 Å². The number of aromatic nitrogens is 1. The number of ether oxygens (including phenoxy) is 1. The average molecular weight is 528 g/mol. The van der Waals surface area contributed by atoms with E-state index in [-0.39, 0.29) is 28.4 Å². The standard InChI is InChI=1S/C25H26FN5O5S/c1-3-14-5-11-17(12-6-14)31(25(35)22-19(27)20(23(28)33)30-37-22)21(15-7-9-16(26)10-8-15)24(34)29-13-18(32)36-4-2/h5-12,21H,3-4,13,27H2,1-2H3,(H2,28,33)(H,29,34)/t21-/m0/s1. The number of rotatable bonds is 10. The van der Waals surface area contributed by atoms with E-state index < -0.39 is 42.1 Å². The third-order valence-corrected chi connectivity index (χ3v) is 6.25. The summed E-state index contributed by atoms with van der Waals surface area (Å²) in [5, 5.41) is 2.48. The number of carbonyl (C=O) groups excluding carboxylic acids is 4. The quantitative estimate of drug-likeness (QED) is 0.342. The predicted molar refractivity (Wildman–Crippen MR) is 136 cm³/mol. The van der Waals surface area contributed by atoms with Gasteiger partial charge in [-0.05, 0) is 60.3 Å². The van der Waals surface area contributed by atoms with Crippen LogP contribution in [-0.2, 0) is 20.7 Å². The van der Waals surface area contributed by atoms with E-state index >= 15 is 0 Å². The van der Waals surface area contributed by atoms with Gasteiger partial charge in [0, 0.05) is 5.69 Å². The van der Waals surface area contributed by atoms with E-state index in [2.05, 4.69) is 9.69 Å². The fraction of sp³-hybridized carbons (Fsp3) is 0.240. The molecule has 2 aromatic carbocycles. The van der Waals surface area contributed by atoms with Gasteiger partial charge in [-0.25, -0.2) is 4.39 Å². The number of primary amides is 1. The highest BCUT2D eigenvalue weighted by Crippen LogP contribution is 2.33. The molecule has 10 nitrogen and oxygen atoms in total. The second-order valence-electron chi connectivity index (χ2n) is 7.81. The van der Waals surface area contributed by atoms with Gasteiger partial charge in [0.05, 0.1) is 12.3 Å². The van der Waals surface area contributed by atoms with Crippen LogP contribution in [0.4, 0.5) is 15.8 Å². The molecule has 194 valence electrons. The van der Waals surface area contributed by atoms with Crippen molar-refractivity contribution < 1.29 is 28.3 Å². The molecule has 5 N–H and O–H groups in total. The number of amides is 3. The van der Waals surface area contributed by atoms with Gasteiger partial charge in [0.2, 0.25) is 5.91 Å². The van der Waals surface area contributed by atoms with E-state index in [4.69, 9.17) is 16.2 Å². The summed E-state index contributed by atoms with van der Waals surface area (Å²) in [4.78, 5) is 52.0. The second kappa shape index (κ2) is 12.1. The highest BCUT2D eigenvalue weighted by molar-refractivity contribution is 7.09. The third kappa shape index (κ3) is 6.28. The lowest BCUT2D eigenvalue weighted by molar-refractivity contribution is -0.143. The largest absolute Gasteiger partial charge is 0.465 e. The van der Waals surface area contributed by atoms with Crippen LogP contribution in [0.5, 0.6) is 0 Å². The molecule has 0 unspecified atom stereocenters. The predicted octanol–water partition coefficient (Wildman–Crippen LogP) is 2.59. The third-order valence-electron chi connectivity index (χ3n) is 5.40. The molecule has 0 fully saturated rings. The molecular formula is C25H26FN5O5S. The van der Waals surface area contributed by atoms with Gasteiger partial charge in [-0.1, -0.05) is 31.2 Å². The Labute approximate surface area is 216 Å². The zero-order valence-electron chi connectivity index (χ0n) is 20.2. The van der Waals surface area contributed by atoms with E-state index in [0.29, 0.717) is 17.2 Å². The summed E-state index contributed by atoms with van der Waals surface area (Å²) in [7, 11) is 0. The molecular weight excluding hydrogens is 501 g/mol. The normalized spacial score (nSPS) is 11.4. The SMILES string of the molecule is CCOC(=O)CNC(=O)[C@H](c1ccc(F)cc1)N(C(=O)c1snc(C(N)=O)c1N)c1ccc(CC)cc1. The number of carbonyl (C=O) groups is 4. The highest BCUT2D eigenvalue weighted by Gasteiger charge is 2.36. The van der Waals surface area contributed by atoms with E-state index in [1.165, 1.54) is 12.1 Å². The van der Waals surface area contributed by atoms with Gasteiger partial charge >= 0.3 is 5.97 Å². The van der Waals surface area contributed by atoms with Crippen molar-refractivity contribution in [3.05, 3.63) is 76.0 Å².